The van der Waals surface area contributed by atoms with Gasteiger partial charge in [0.25, 0.3) is 0 Å². The van der Waals surface area contributed by atoms with Gasteiger partial charge < -0.3 is 43.4 Å². The van der Waals surface area contributed by atoms with E-state index in [1.807, 2.05) is 0 Å². The summed E-state index contributed by atoms with van der Waals surface area (Å²) in [6, 6.07) is -3.34. The van der Waals surface area contributed by atoms with Crippen LogP contribution in [0.15, 0.2) is 0 Å². The van der Waals surface area contributed by atoms with Gasteiger partial charge >= 0.3 is 11.9 Å². The van der Waals surface area contributed by atoms with Crippen LogP contribution in [0.1, 0.15) is 44.9 Å². The number of carboxylic acids is 2. The van der Waals surface area contributed by atoms with Crippen LogP contribution in [-0.4, -0.2) is 71.1 Å². The number of nitrogens with two attached hydrogens (primary N) is 3. The van der Waals surface area contributed by atoms with Crippen molar-refractivity contribution < 1.29 is 29.4 Å². The highest BCUT2D eigenvalue weighted by Crippen LogP contribution is 2.05. The third-order valence-electron chi connectivity index (χ3n) is 4.19. The van der Waals surface area contributed by atoms with Gasteiger partial charge in [0.05, 0.1) is 6.04 Å². The molecule has 0 rings (SSSR count). The van der Waals surface area contributed by atoms with Gasteiger partial charge in [0.2, 0.25) is 11.8 Å². The Morgan fingerprint density at radius 3 is 2.07 bits per heavy atom. The van der Waals surface area contributed by atoms with Crippen molar-refractivity contribution in [2.75, 3.05) is 13.1 Å². The predicted octanol–water partition coefficient (Wildman–Crippen LogP) is -2.38. The molecule has 0 radical (unpaired) electrons. The molecule has 0 heterocycles. The molecule has 0 aliphatic heterocycles. The summed E-state index contributed by atoms with van der Waals surface area (Å²) >= 11 is 0. The fourth-order valence-corrected chi connectivity index (χ4v) is 2.51. The Labute approximate surface area is 174 Å². The van der Waals surface area contributed by atoms with Crippen molar-refractivity contribution in [1.29, 1.82) is 5.41 Å². The Kier molecular flexibility index (Phi) is 13.5. The zero-order valence-electron chi connectivity index (χ0n) is 16.9. The SMILES string of the molecule is N=C(N)NCCCC(N)C(=O)NC(CCCCN)C(=O)NC(CCC(=O)O)C(=O)O. The lowest BCUT2D eigenvalue weighted by molar-refractivity contribution is -0.143. The summed E-state index contributed by atoms with van der Waals surface area (Å²) in [5.74, 6) is -4.06. The number of nitrogens with one attached hydrogen (secondary N) is 4. The number of rotatable bonds is 16. The first kappa shape index (κ1) is 27.1. The van der Waals surface area contributed by atoms with E-state index < -0.39 is 48.3 Å². The topological polar surface area (TPSA) is 247 Å². The molecule has 0 saturated carbocycles. The lowest BCUT2D eigenvalue weighted by Gasteiger charge is -2.23. The molecule has 12 N–H and O–H groups in total. The van der Waals surface area contributed by atoms with Gasteiger partial charge in [-0.2, -0.15) is 0 Å². The summed E-state index contributed by atoms with van der Waals surface area (Å²) in [6.07, 6.45) is 1.36. The van der Waals surface area contributed by atoms with E-state index in [2.05, 4.69) is 16.0 Å². The van der Waals surface area contributed by atoms with Gasteiger partial charge in [-0.3, -0.25) is 19.8 Å². The summed E-state index contributed by atoms with van der Waals surface area (Å²) in [5, 5.41) is 32.3. The van der Waals surface area contributed by atoms with Crippen molar-refractivity contribution in [3.8, 4) is 0 Å². The van der Waals surface area contributed by atoms with E-state index in [0.29, 0.717) is 32.4 Å². The highest BCUT2D eigenvalue weighted by Gasteiger charge is 2.28. The van der Waals surface area contributed by atoms with Gasteiger partial charge in [0, 0.05) is 13.0 Å². The van der Waals surface area contributed by atoms with Crippen molar-refractivity contribution in [2.24, 2.45) is 17.2 Å². The summed E-state index contributed by atoms with van der Waals surface area (Å²) in [7, 11) is 0. The molecule has 0 aromatic carbocycles. The van der Waals surface area contributed by atoms with Crippen LogP contribution in [0.5, 0.6) is 0 Å². The highest BCUT2D eigenvalue weighted by atomic mass is 16.4. The maximum atomic E-state index is 12.5. The number of carboxylic acid groups (broad SMARTS) is 2. The van der Waals surface area contributed by atoms with Gasteiger partial charge in [-0.25, -0.2) is 4.79 Å². The fourth-order valence-electron chi connectivity index (χ4n) is 2.51. The normalized spacial score (nSPS) is 13.5. The van der Waals surface area contributed by atoms with Crippen LogP contribution in [-0.2, 0) is 19.2 Å². The molecule has 0 aromatic heterocycles. The Balaban J connectivity index is 4.90. The molecule has 0 aliphatic carbocycles. The van der Waals surface area contributed by atoms with E-state index in [9.17, 15) is 24.3 Å². The van der Waals surface area contributed by atoms with Gasteiger partial charge in [-0.05, 0) is 45.1 Å². The quantitative estimate of drug-likeness (QED) is 0.0713. The Bertz CT molecular complexity index is 601. The fraction of sp³-hybridized carbons (Fsp3) is 0.706. The Hall–Kier alpha value is -2.93. The van der Waals surface area contributed by atoms with E-state index in [4.69, 9.17) is 27.7 Å². The second kappa shape index (κ2) is 15.0. The molecule has 0 fully saturated rings. The van der Waals surface area contributed by atoms with Crippen LogP contribution in [0.3, 0.4) is 0 Å². The molecule has 13 heteroatoms. The standard InChI is InChI=1S/C17H33N7O6/c18-8-2-1-5-11(15(28)24-12(16(29)30)6-7-13(25)26)23-14(27)10(19)4-3-9-22-17(20)21/h10-12H,1-9,18-19H2,(H,23,27)(H,24,28)(H,25,26)(H,29,30)(H4,20,21,22). The third-order valence-corrected chi connectivity index (χ3v) is 4.19. The number of carbonyl (C=O) groups is 4. The van der Waals surface area contributed by atoms with E-state index in [1.165, 1.54) is 0 Å². The number of carbonyl (C=O) groups excluding carboxylic acids is 2. The molecule has 0 bridgehead atoms. The monoisotopic (exact) mass is 431 g/mol. The predicted molar refractivity (Wildman–Crippen MR) is 108 cm³/mol. The minimum absolute atomic E-state index is 0.194. The number of hydrogen-bond donors (Lipinski definition) is 9. The minimum Gasteiger partial charge on any atom is -0.481 e. The average Bonchev–Trinajstić information content (AvgIpc) is 2.66. The van der Waals surface area contributed by atoms with E-state index in [-0.39, 0.29) is 25.2 Å². The van der Waals surface area contributed by atoms with Crippen LogP contribution < -0.4 is 33.2 Å². The highest BCUT2D eigenvalue weighted by molar-refractivity contribution is 5.91. The molecule has 0 saturated heterocycles. The number of guanidine groups is 1. The number of unbranched alkanes of at least 4 members (excludes halogenated alkanes) is 1. The maximum Gasteiger partial charge on any atom is 0.326 e. The van der Waals surface area contributed by atoms with Gasteiger partial charge in [-0.1, -0.05) is 0 Å². The van der Waals surface area contributed by atoms with E-state index >= 15 is 0 Å². The molecule has 172 valence electrons. The number of aliphatic carboxylic acids is 2. The van der Waals surface area contributed by atoms with Crippen LogP contribution in [0, 0.1) is 5.41 Å². The Morgan fingerprint density at radius 2 is 1.53 bits per heavy atom. The van der Waals surface area contributed by atoms with E-state index in [1.54, 1.807) is 0 Å². The van der Waals surface area contributed by atoms with Crippen LogP contribution >= 0.6 is 0 Å². The van der Waals surface area contributed by atoms with Crippen molar-refractivity contribution in [3.05, 3.63) is 0 Å². The largest absolute Gasteiger partial charge is 0.481 e. The zero-order chi connectivity index (χ0) is 23.1. The van der Waals surface area contributed by atoms with E-state index in [0.717, 1.165) is 0 Å². The smallest absolute Gasteiger partial charge is 0.326 e. The zero-order valence-corrected chi connectivity index (χ0v) is 16.9. The van der Waals surface area contributed by atoms with Crippen molar-refractivity contribution in [3.63, 3.8) is 0 Å². The third kappa shape index (κ3) is 12.5. The molecule has 0 aliphatic rings. The summed E-state index contributed by atoms with van der Waals surface area (Å²) < 4.78 is 0. The van der Waals surface area contributed by atoms with Crippen molar-refractivity contribution in [2.45, 2.75) is 63.1 Å². The summed E-state index contributed by atoms with van der Waals surface area (Å²) in [4.78, 5) is 46.8. The van der Waals surface area contributed by atoms with Gasteiger partial charge in [0.15, 0.2) is 5.96 Å². The molecule has 30 heavy (non-hydrogen) atoms. The molecular weight excluding hydrogens is 398 g/mol. The lowest BCUT2D eigenvalue weighted by atomic mass is 10.1. The van der Waals surface area contributed by atoms with Crippen LogP contribution in [0.4, 0.5) is 0 Å². The molecular formula is C17H33N7O6. The maximum absolute atomic E-state index is 12.5. The van der Waals surface area contributed by atoms with Crippen molar-refractivity contribution in [1.82, 2.24) is 16.0 Å². The Morgan fingerprint density at radius 1 is 0.900 bits per heavy atom. The molecule has 3 atom stereocenters. The first-order chi connectivity index (χ1) is 14.1. The molecule has 0 spiro atoms. The van der Waals surface area contributed by atoms with Gasteiger partial charge in [-0.15, -0.1) is 0 Å². The second-order valence-corrected chi connectivity index (χ2v) is 6.77. The minimum atomic E-state index is -1.39. The molecule has 3 unspecified atom stereocenters. The van der Waals surface area contributed by atoms with Crippen molar-refractivity contribution >= 4 is 29.7 Å². The second-order valence-electron chi connectivity index (χ2n) is 6.77. The van der Waals surface area contributed by atoms with Crippen LogP contribution in [0.25, 0.3) is 0 Å². The molecule has 2 amide bonds. The number of amides is 2. The first-order valence-electron chi connectivity index (χ1n) is 9.67. The molecule has 0 aromatic rings. The van der Waals surface area contributed by atoms with Gasteiger partial charge in [0.1, 0.15) is 12.1 Å². The molecule has 13 nitrogen and oxygen atoms in total. The van der Waals surface area contributed by atoms with Crippen LogP contribution in [0.2, 0.25) is 0 Å². The summed E-state index contributed by atoms with van der Waals surface area (Å²) in [6.45, 7) is 0.752. The number of hydrogen-bond acceptors (Lipinski definition) is 7. The lowest BCUT2D eigenvalue weighted by Crippen LogP contribution is -2.54. The average molecular weight is 431 g/mol. The summed E-state index contributed by atoms with van der Waals surface area (Å²) in [5.41, 5.74) is 16.4. The first-order valence-corrected chi connectivity index (χ1v) is 9.67.